The fourth-order valence-electron chi connectivity index (χ4n) is 7.33. The normalized spacial score (nSPS) is 49.2. The van der Waals surface area contributed by atoms with Crippen molar-refractivity contribution < 1.29 is 40.1 Å². The van der Waals surface area contributed by atoms with E-state index in [0.717, 1.165) is 25.7 Å². The van der Waals surface area contributed by atoms with Gasteiger partial charge in [0, 0.05) is 6.61 Å². The van der Waals surface area contributed by atoms with Crippen molar-refractivity contribution in [2.75, 3.05) is 13.2 Å². The monoisotopic (exact) mass is 486 g/mol. The molecule has 1 heterocycles. The summed E-state index contributed by atoms with van der Waals surface area (Å²) in [5.74, 6) is 0.285. The third kappa shape index (κ3) is 4.98. The highest BCUT2D eigenvalue weighted by Gasteiger charge is 2.59. The van der Waals surface area contributed by atoms with Crippen LogP contribution in [0, 0.1) is 22.7 Å². The summed E-state index contributed by atoms with van der Waals surface area (Å²) in [5.41, 5.74) is -2.09. The molecule has 8 nitrogen and oxygen atoms in total. The second kappa shape index (κ2) is 10.1. The van der Waals surface area contributed by atoms with Crippen LogP contribution in [0.1, 0.15) is 72.6 Å². The molecule has 1 aliphatic heterocycles. The Kier molecular flexibility index (Phi) is 8.28. The average Bonchev–Trinajstić information content (AvgIpc) is 2.78. The van der Waals surface area contributed by atoms with Crippen LogP contribution < -0.4 is 0 Å². The zero-order valence-electron chi connectivity index (χ0n) is 21.2. The molecule has 3 fully saturated rings. The van der Waals surface area contributed by atoms with Crippen molar-refractivity contribution in [2.24, 2.45) is 22.7 Å². The molecule has 2 saturated carbocycles. The van der Waals surface area contributed by atoms with Crippen molar-refractivity contribution >= 4 is 0 Å². The lowest BCUT2D eigenvalue weighted by atomic mass is 9.44. The Hall–Kier alpha value is -0.580. The third-order valence-corrected chi connectivity index (χ3v) is 9.54. The highest BCUT2D eigenvalue weighted by Crippen LogP contribution is 2.63. The van der Waals surface area contributed by atoms with Crippen LogP contribution in [0.4, 0.5) is 0 Å². The van der Waals surface area contributed by atoms with E-state index in [1.807, 2.05) is 13.8 Å². The molecule has 0 amide bonds. The molecule has 0 bridgehead atoms. The van der Waals surface area contributed by atoms with Crippen LogP contribution in [0.2, 0.25) is 0 Å². The lowest BCUT2D eigenvalue weighted by molar-refractivity contribution is -0.320. The van der Waals surface area contributed by atoms with Crippen molar-refractivity contribution in [1.82, 2.24) is 0 Å². The maximum Gasteiger partial charge on any atom is 0.187 e. The predicted molar refractivity (Wildman–Crippen MR) is 127 cm³/mol. The van der Waals surface area contributed by atoms with Gasteiger partial charge in [0.2, 0.25) is 0 Å². The number of hydrogen-bond donors (Lipinski definition) is 6. The van der Waals surface area contributed by atoms with Gasteiger partial charge in [0.1, 0.15) is 24.4 Å². The smallest absolute Gasteiger partial charge is 0.187 e. The maximum absolute atomic E-state index is 11.5. The Balaban J connectivity index is 1.78. The molecule has 0 radical (unpaired) electrons. The standard InChI is InChI=1S/C26H46O8/c1-6-24(3,34-22-21(31)20(30)19(29)16(14-27)33-22)12-8-18-25(4)11-7-10-23(2,15-28)17(25)9-13-26(18,5)32/h6,16-22,27-32H,1,7-15H2,2-5H3/t16-,17-,18+,19-,20+,21-,22+,23+,24-,25-,26+/m1/s1. The number of fused-ring (bicyclic) bond motifs is 1. The predicted octanol–water partition coefficient (Wildman–Crippen LogP) is 1.49. The first kappa shape index (κ1) is 28.0. The van der Waals surface area contributed by atoms with Gasteiger partial charge in [0.15, 0.2) is 6.29 Å². The first-order valence-electron chi connectivity index (χ1n) is 12.7. The quantitative estimate of drug-likeness (QED) is 0.284. The zero-order chi connectivity index (χ0) is 25.5. The molecule has 0 spiro atoms. The summed E-state index contributed by atoms with van der Waals surface area (Å²) in [6.45, 7) is 11.7. The molecule has 34 heavy (non-hydrogen) atoms. The Morgan fingerprint density at radius 1 is 1.06 bits per heavy atom. The van der Waals surface area contributed by atoms with Crippen LogP contribution in [-0.2, 0) is 9.47 Å². The second-order valence-electron chi connectivity index (χ2n) is 12.0. The minimum atomic E-state index is -1.51. The number of ether oxygens (including phenoxy) is 2. The molecule has 0 aromatic heterocycles. The SMILES string of the molecule is C=C[C@](C)(CC[C@H]1[C@]2(C)CCC[C@@](C)(CO)[C@H]2CC[C@]1(C)O)O[C@@H]1O[C@H](CO)[C@@H](O)[C@H](O)[C@H]1O. The summed E-state index contributed by atoms with van der Waals surface area (Å²) in [6, 6.07) is 0. The molecule has 11 atom stereocenters. The molecule has 0 aromatic rings. The Labute approximate surface area is 203 Å². The Morgan fingerprint density at radius 3 is 2.32 bits per heavy atom. The van der Waals surface area contributed by atoms with E-state index < -0.39 is 48.5 Å². The van der Waals surface area contributed by atoms with Gasteiger partial charge in [0.25, 0.3) is 0 Å². The molecule has 2 aliphatic carbocycles. The van der Waals surface area contributed by atoms with E-state index in [0.29, 0.717) is 25.2 Å². The zero-order valence-corrected chi connectivity index (χ0v) is 21.2. The van der Waals surface area contributed by atoms with Gasteiger partial charge in [-0.1, -0.05) is 26.3 Å². The fraction of sp³-hybridized carbons (Fsp3) is 0.923. The van der Waals surface area contributed by atoms with Gasteiger partial charge in [-0.3, -0.25) is 0 Å². The summed E-state index contributed by atoms with van der Waals surface area (Å²) < 4.78 is 11.6. The number of aliphatic hydroxyl groups excluding tert-OH is 5. The number of aliphatic hydroxyl groups is 6. The van der Waals surface area contributed by atoms with Gasteiger partial charge >= 0.3 is 0 Å². The minimum absolute atomic E-state index is 0.0254. The van der Waals surface area contributed by atoms with Crippen molar-refractivity contribution in [3.63, 3.8) is 0 Å². The molecule has 198 valence electrons. The van der Waals surface area contributed by atoms with Crippen LogP contribution in [0.25, 0.3) is 0 Å². The summed E-state index contributed by atoms with van der Waals surface area (Å²) in [7, 11) is 0. The molecule has 8 heteroatoms. The van der Waals surface area contributed by atoms with Gasteiger partial charge in [-0.2, -0.15) is 0 Å². The summed E-state index contributed by atoms with van der Waals surface area (Å²) in [4.78, 5) is 0. The fourth-order valence-corrected chi connectivity index (χ4v) is 7.33. The van der Waals surface area contributed by atoms with Crippen molar-refractivity contribution in [2.45, 2.75) is 115 Å². The van der Waals surface area contributed by atoms with E-state index in [4.69, 9.17) is 9.47 Å². The van der Waals surface area contributed by atoms with E-state index in [9.17, 15) is 30.6 Å². The van der Waals surface area contributed by atoms with Gasteiger partial charge < -0.3 is 40.1 Å². The van der Waals surface area contributed by atoms with Crippen LogP contribution in [0.3, 0.4) is 0 Å². The molecule has 3 rings (SSSR count). The average molecular weight is 487 g/mol. The summed E-state index contributed by atoms with van der Waals surface area (Å²) in [6.07, 6.45) is 0.570. The van der Waals surface area contributed by atoms with Crippen LogP contribution >= 0.6 is 0 Å². The molecular formula is C26H46O8. The van der Waals surface area contributed by atoms with Crippen molar-refractivity contribution in [1.29, 1.82) is 0 Å². The molecule has 6 N–H and O–H groups in total. The summed E-state index contributed by atoms with van der Waals surface area (Å²) in [5, 5.41) is 61.7. The van der Waals surface area contributed by atoms with Crippen LogP contribution in [0.5, 0.6) is 0 Å². The highest BCUT2D eigenvalue weighted by atomic mass is 16.7. The van der Waals surface area contributed by atoms with Crippen LogP contribution in [-0.4, -0.2) is 85.8 Å². The molecule has 0 unspecified atom stereocenters. The van der Waals surface area contributed by atoms with E-state index in [-0.39, 0.29) is 23.4 Å². The molecule has 1 saturated heterocycles. The lowest BCUT2D eigenvalue weighted by Gasteiger charge is -2.62. The van der Waals surface area contributed by atoms with Gasteiger partial charge in [-0.05, 0) is 75.0 Å². The van der Waals surface area contributed by atoms with Crippen LogP contribution in [0.15, 0.2) is 12.7 Å². The third-order valence-electron chi connectivity index (χ3n) is 9.54. The van der Waals surface area contributed by atoms with Gasteiger partial charge in [-0.15, -0.1) is 6.58 Å². The maximum atomic E-state index is 11.5. The first-order valence-corrected chi connectivity index (χ1v) is 12.7. The second-order valence-corrected chi connectivity index (χ2v) is 12.0. The Morgan fingerprint density at radius 2 is 1.74 bits per heavy atom. The van der Waals surface area contributed by atoms with Gasteiger partial charge in [0.05, 0.1) is 17.8 Å². The largest absolute Gasteiger partial charge is 0.396 e. The van der Waals surface area contributed by atoms with Crippen molar-refractivity contribution in [3.05, 3.63) is 12.7 Å². The summed E-state index contributed by atoms with van der Waals surface area (Å²) >= 11 is 0. The number of hydrogen-bond acceptors (Lipinski definition) is 8. The number of rotatable bonds is 8. The Bertz CT molecular complexity index is 713. The first-order chi connectivity index (χ1) is 15.8. The highest BCUT2D eigenvalue weighted by molar-refractivity contribution is 5.09. The topological polar surface area (TPSA) is 140 Å². The van der Waals surface area contributed by atoms with Gasteiger partial charge in [-0.25, -0.2) is 0 Å². The lowest BCUT2D eigenvalue weighted by Crippen LogP contribution is -2.60. The molecule has 3 aliphatic rings. The van der Waals surface area contributed by atoms with E-state index in [1.54, 1.807) is 6.08 Å². The molecular weight excluding hydrogens is 440 g/mol. The van der Waals surface area contributed by atoms with E-state index in [2.05, 4.69) is 20.4 Å². The van der Waals surface area contributed by atoms with Crippen molar-refractivity contribution in [3.8, 4) is 0 Å². The minimum Gasteiger partial charge on any atom is -0.396 e. The molecule has 0 aromatic carbocycles. The van der Waals surface area contributed by atoms with E-state index >= 15 is 0 Å². The van der Waals surface area contributed by atoms with E-state index in [1.165, 1.54) is 0 Å².